The fraction of sp³-hybridized carbons (Fsp3) is 0.357. The summed E-state index contributed by atoms with van der Waals surface area (Å²) in [4.78, 5) is 11.8. The third-order valence-corrected chi connectivity index (χ3v) is 3.95. The van der Waals surface area contributed by atoms with Gasteiger partial charge in [-0.2, -0.15) is 0 Å². The Hall–Kier alpha value is -1.82. The van der Waals surface area contributed by atoms with Gasteiger partial charge in [0, 0.05) is 5.92 Å². The molecule has 1 N–H and O–H groups in total. The number of amides is 1. The molecule has 2 rings (SSSR count). The number of halogens is 1. The van der Waals surface area contributed by atoms with E-state index in [4.69, 9.17) is 0 Å². The van der Waals surface area contributed by atoms with E-state index in [2.05, 4.69) is 15.5 Å². The molecule has 20 heavy (non-hydrogen) atoms. The predicted octanol–water partition coefficient (Wildman–Crippen LogP) is 2.66. The molecule has 0 aliphatic carbocycles. The van der Waals surface area contributed by atoms with E-state index in [1.54, 1.807) is 18.2 Å². The number of hydrogen-bond donors (Lipinski definition) is 1. The second-order valence-corrected chi connectivity index (χ2v) is 5.83. The van der Waals surface area contributed by atoms with Crippen molar-refractivity contribution in [1.82, 2.24) is 15.5 Å². The van der Waals surface area contributed by atoms with Crippen molar-refractivity contribution in [3.05, 3.63) is 45.7 Å². The minimum Gasteiger partial charge on any atom is -0.349 e. The number of aromatic nitrogens is 2. The van der Waals surface area contributed by atoms with Crippen LogP contribution in [0.5, 0.6) is 0 Å². The molecule has 2 aromatic rings. The summed E-state index contributed by atoms with van der Waals surface area (Å²) in [6.07, 6.45) is 0.0303. The lowest BCUT2D eigenvalue weighted by Crippen LogP contribution is -2.24. The van der Waals surface area contributed by atoms with Crippen LogP contribution in [0.2, 0.25) is 0 Å². The van der Waals surface area contributed by atoms with Gasteiger partial charge in [-0.05, 0) is 11.6 Å². The highest BCUT2D eigenvalue weighted by Crippen LogP contribution is 2.18. The summed E-state index contributed by atoms with van der Waals surface area (Å²) in [6, 6.07) is 6.27. The van der Waals surface area contributed by atoms with Gasteiger partial charge in [0.25, 0.3) is 0 Å². The normalized spacial score (nSPS) is 10.8. The number of rotatable bonds is 5. The number of nitrogens with zero attached hydrogens (tertiary/aromatic N) is 2. The van der Waals surface area contributed by atoms with Crippen molar-refractivity contribution >= 4 is 17.2 Å². The zero-order chi connectivity index (χ0) is 14.5. The van der Waals surface area contributed by atoms with Crippen LogP contribution in [-0.4, -0.2) is 16.1 Å². The second-order valence-electron chi connectivity index (χ2n) is 4.73. The molecule has 0 aliphatic heterocycles. The zero-order valence-corrected chi connectivity index (χ0v) is 12.2. The van der Waals surface area contributed by atoms with Crippen LogP contribution in [0.4, 0.5) is 4.39 Å². The Morgan fingerprint density at radius 2 is 2.10 bits per heavy atom. The molecule has 0 fully saturated rings. The van der Waals surface area contributed by atoms with Crippen LogP contribution in [0.1, 0.15) is 35.3 Å². The molecule has 0 spiro atoms. The molecule has 6 heteroatoms. The third-order valence-electron chi connectivity index (χ3n) is 2.72. The van der Waals surface area contributed by atoms with Crippen LogP contribution < -0.4 is 5.32 Å². The van der Waals surface area contributed by atoms with Crippen LogP contribution in [0.3, 0.4) is 0 Å². The minimum atomic E-state index is -0.361. The summed E-state index contributed by atoms with van der Waals surface area (Å²) < 4.78 is 13.4. The van der Waals surface area contributed by atoms with Gasteiger partial charge >= 0.3 is 0 Å². The summed E-state index contributed by atoms with van der Waals surface area (Å²) in [5, 5.41) is 12.5. The van der Waals surface area contributed by atoms with E-state index in [1.165, 1.54) is 17.4 Å². The lowest BCUT2D eigenvalue weighted by atomic mass is 10.1. The van der Waals surface area contributed by atoms with Gasteiger partial charge in [-0.1, -0.05) is 43.4 Å². The molecule has 0 radical (unpaired) electrons. The molecule has 0 saturated carbocycles. The number of carbonyl (C=O) groups excluding carboxylic acids is 1. The molecular weight excluding hydrogens is 277 g/mol. The Morgan fingerprint density at radius 3 is 2.75 bits per heavy atom. The van der Waals surface area contributed by atoms with Crippen LogP contribution in [0.15, 0.2) is 24.3 Å². The van der Waals surface area contributed by atoms with Crippen molar-refractivity contribution in [3.8, 4) is 0 Å². The summed E-state index contributed by atoms with van der Waals surface area (Å²) in [7, 11) is 0. The highest BCUT2D eigenvalue weighted by molar-refractivity contribution is 7.11. The number of nitrogens with one attached hydrogen (secondary N) is 1. The van der Waals surface area contributed by atoms with Crippen LogP contribution >= 0.6 is 11.3 Å². The SMILES string of the molecule is CC(C)c1nnc(CNC(=O)Cc2ccccc2F)s1. The van der Waals surface area contributed by atoms with E-state index in [9.17, 15) is 9.18 Å². The lowest BCUT2D eigenvalue weighted by Gasteiger charge is -2.04. The van der Waals surface area contributed by atoms with Crippen LogP contribution in [0, 0.1) is 5.82 Å². The Labute approximate surface area is 121 Å². The van der Waals surface area contributed by atoms with E-state index in [1.807, 2.05) is 13.8 Å². The van der Waals surface area contributed by atoms with E-state index in [-0.39, 0.29) is 18.1 Å². The van der Waals surface area contributed by atoms with Gasteiger partial charge in [-0.15, -0.1) is 10.2 Å². The zero-order valence-electron chi connectivity index (χ0n) is 11.4. The van der Waals surface area contributed by atoms with Gasteiger partial charge in [0.2, 0.25) is 5.91 Å². The number of benzene rings is 1. The Balaban J connectivity index is 1.87. The third kappa shape index (κ3) is 3.84. The van der Waals surface area contributed by atoms with Crippen molar-refractivity contribution in [3.63, 3.8) is 0 Å². The molecule has 0 bridgehead atoms. The van der Waals surface area contributed by atoms with Gasteiger partial charge in [-0.25, -0.2) is 4.39 Å². The van der Waals surface area contributed by atoms with Crippen LogP contribution in [0.25, 0.3) is 0 Å². The maximum absolute atomic E-state index is 13.4. The Morgan fingerprint density at radius 1 is 1.35 bits per heavy atom. The highest BCUT2D eigenvalue weighted by atomic mass is 32.1. The fourth-order valence-corrected chi connectivity index (χ4v) is 2.41. The minimum absolute atomic E-state index is 0.0303. The van der Waals surface area contributed by atoms with Crippen molar-refractivity contribution in [2.75, 3.05) is 0 Å². The molecular formula is C14H16FN3OS. The first-order valence-corrected chi connectivity index (χ1v) is 7.20. The van der Waals surface area contributed by atoms with E-state index >= 15 is 0 Å². The number of carbonyl (C=O) groups is 1. The maximum Gasteiger partial charge on any atom is 0.224 e. The van der Waals surface area contributed by atoms with Crippen molar-refractivity contribution in [2.45, 2.75) is 32.7 Å². The maximum atomic E-state index is 13.4. The van der Waals surface area contributed by atoms with Gasteiger partial charge in [-0.3, -0.25) is 4.79 Å². The molecule has 0 aliphatic rings. The Bertz CT molecular complexity index is 598. The summed E-state index contributed by atoms with van der Waals surface area (Å²) in [6.45, 7) is 4.42. The topological polar surface area (TPSA) is 54.9 Å². The molecule has 1 aromatic carbocycles. The van der Waals surface area contributed by atoms with E-state index < -0.39 is 0 Å². The first-order valence-electron chi connectivity index (χ1n) is 6.38. The van der Waals surface area contributed by atoms with E-state index in [0.717, 1.165) is 10.0 Å². The van der Waals surface area contributed by atoms with Gasteiger partial charge in [0.05, 0.1) is 13.0 Å². The summed E-state index contributed by atoms with van der Waals surface area (Å²) in [5.41, 5.74) is 0.394. The quantitative estimate of drug-likeness (QED) is 0.922. The molecule has 4 nitrogen and oxygen atoms in total. The standard InChI is InChI=1S/C14H16FN3OS/c1-9(2)14-18-17-13(20-14)8-16-12(19)7-10-5-3-4-6-11(10)15/h3-6,9H,7-8H2,1-2H3,(H,16,19). The molecule has 0 atom stereocenters. The number of hydrogen-bond acceptors (Lipinski definition) is 4. The van der Waals surface area contributed by atoms with Crippen LogP contribution in [-0.2, 0) is 17.8 Å². The van der Waals surface area contributed by atoms with Gasteiger partial charge in [0.15, 0.2) is 0 Å². The average Bonchev–Trinajstić information content (AvgIpc) is 2.88. The largest absolute Gasteiger partial charge is 0.349 e. The van der Waals surface area contributed by atoms with E-state index in [0.29, 0.717) is 18.0 Å². The predicted molar refractivity (Wildman–Crippen MR) is 75.9 cm³/mol. The van der Waals surface area contributed by atoms with Crippen molar-refractivity contribution in [2.24, 2.45) is 0 Å². The molecule has 0 unspecified atom stereocenters. The van der Waals surface area contributed by atoms with Crippen molar-refractivity contribution < 1.29 is 9.18 Å². The smallest absolute Gasteiger partial charge is 0.224 e. The monoisotopic (exact) mass is 293 g/mol. The summed E-state index contributed by atoms with van der Waals surface area (Å²) >= 11 is 1.48. The average molecular weight is 293 g/mol. The first kappa shape index (κ1) is 14.6. The second kappa shape index (κ2) is 6.56. The summed E-state index contributed by atoms with van der Waals surface area (Å²) in [5.74, 6) is -0.257. The Kier molecular flexibility index (Phi) is 4.79. The lowest BCUT2D eigenvalue weighted by molar-refractivity contribution is -0.120. The fourth-order valence-electron chi connectivity index (χ4n) is 1.62. The molecule has 0 saturated heterocycles. The van der Waals surface area contributed by atoms with Gasteiger partial charge < -0.3 is 5.32 Å². The molecule has 106 valence electrons. The first-order chi connectivity index (χ1) is 9.56. The molecule has 1 heterocycles. The molecule has 1 amide bonds. The highest BCUT2D eigenvalue weighted by Gasteiger charge is 2.10. The van der Waals surface area contributed by atoms with Gasteiger partial charge in [0.1, 0.15) is 15.8 Å². The molecule has 1 aromatic heterocycles. The van der Waals surface area contributed by atoms with Crippen molar-refractivity contribution in [1.29, 1.82) is 0 Å².